The smallest absolute Gasteiger partial charge is 0.251 e. The van der Waals surface area contributed by atoms with E-state index in [9.17, 15) is 9.59 Å². The molecule has 1 atom stereocenters. The van der Waals surface area contributed by atoms with E-state index in [0.717, 1.165) is 49.5 Å². The molecule has 2 amide bonds. The van der Waals surface area contributed by atoms with Crippen LogP contribution >= 0.6 is 0 Å². The van der Waals surface area contributed by atoms with E-state index in [2.05, 4.69) is 16.7 Å². The Morgan fingerprint density at radius 2 is 1.78 bits per heavy atom. The lowest BCUT2D eigenvalue weighted by Gasteiger charge is -2.36. The van der Waals surface area contributed by atoms with Crippen molar-refractivity contribution < 1.29 is 9.59 Å². The molecule has 0 aliphatic carbocycles. The summed E-state index contributed by atoms with van der Waals surface area (Å²) in [6.45, 7) is 10.8. The molecule has 124 valence electrons. The quantitative estimate of drug-likeness (QED) is 0.794. The Morgan fingerprint density at radius 1 is 1.09 bits per heavy atom. The van der Waals surface area contributed by atoms with Crippen LogP contribution in [-0.4, -0.2) is 60.4 Å². The zero-order valence-corrected chi connectivity index (χ0v) is 14.2. The molecule has 0 saturated carbocycles. The molecular formula is C18H25N3O2. The SMILES string of the molecule is CCN1CCN([C@H]2CC(=O)N(c3cccc(C)c3C)C2=O)CC1. The van der Waals surface area contributed by atoms with Gasteiger partial charge in [-0.25, -0.2) is 4.90 Å². The van der Waals surface area contributed by atoms with E-state index in [-0.39, 0.29) is 17.9 Å². The van der Waals surface area contributed by atoms with Crippen LogP contribution in [0.25, 0.3) is 0 Å². The number of aryl methyl sites for hydroxylation is 1. The van der Waals surface area contributed by atoms with Gasteiger partial charge in [0.2, 0.25) is 5.91 Å². The third-order valence-electron chi connectivity index (χ3n) is 5.23. The average molecular weight is 315 g/mol. The molecule has 3 rings (SSSR count). The summed E-state index contributed by atoms with van der Waals surface area (Å²) in [5, 5.41) is 0. The van der Waals surface area contributed by atoms with E-state index >= 15 is 0 Å². The van der Waals surface area contributed by atoms with Gasteiger partial charge in [-0.05, 0) is 37.6 Å². The summed E-state index contributed by atoms with van der Waals surface area (Å²) in [6, 6.07) is 5.49. The second-order valence-corrected chi connectivity index (χ2v) is 6.48. The first kappa shape index (κ1) is 16.1. The van der Waals surface area contributed by atoms with Crippen LogP contribution in [0.4, 0.5) is 5.69 Å². The third kappa shape index (κ3) is 2.91. The van der Waals surface area contributed by atoms with Crippen molar-refractivity contribution in [3.63, 3.8) is 0 Å². The predicted octanol–water partition coefficient (Wildman–Crippen LogP) is 1.57. The first-order valence-electron chi connectivity index (χ1n) is 8.42. The van der Waals surface area contributed by atoms with E-state index < -0.39 is 0 Å². The zero-order valence-electron chi connectivity index (χ0n) is 14.2. The lowest BCUT2D eigenvalue weighted by molar-refractivity contribution is -0.123. The van der Waals surface area contributed by atoms with Gasteiger partial charge in [-0.2, -0.15) is 0 Å². The van der Waals surface area contributed by atoms with Gasteiger partial charge >= 0.3 is 0 Å². The van der Waals surface area contributed by atoms with Crippen molar-refractivity contribution in [3.05, 3.63) is 29.3 Å². The van der Waals surface area contributed by atoms with Gasteiger partial charge in [0, 0.05) is 26.2 Å². The molecule has 2 fully saturated rings. The van der Waals surface area contributed by atoms with E-state index in [1.54, 1.807) is 0 Å². The first-order chi connectivity index (χ1) is 11.0. The number of benzene rings is 1. The highest BCUT2D eigenvalue weighted by Crippen LogP contribution is 2.30. The third-order valence-corrected chi connectivity index (χ3v) is 5.23. The molecule has 2 heterocycles. The summed E-state index contributed by atoms with van der Waals surface area (Å²) in [7, 11) is 0. The van der Waals surface area contributed by atoms with Crippen LogP contribution in [0.5, 0.6) is 0 Å². The minimum absolute atomic E-state index is 0.0614. The number of imide groups is 1. The number of hydrogen-bond acceptors (Lipinski definition) is 4. The predicted molar refractivity (Wildman–Crippen MR) is 90.5 cm³/mol. The van der Waals surface area contributed by atoms with Gasteiger partial charge in [0.05, 0.1) is 18.2 Å². The van der Waals surface area contributed by atoms with E-state index in [1.165, 1.54) is 4.90 Å². The van der Waals surface area contributed by atoms with E-state index in [1.807, 2.05) is 32.0 Å². The standard InChI is InChI=1S/C18H25N3O2/c1-4-19-8-10-20(11-9-19)16-12-17(22)21(18(16)23)15-7-5-6-13(2)14(15)3/h5-7,16H,4,8-12H2,1-3H3/t16-/m0/s1. The van der Waals surface area contributed by atoms with Gasteiger partial charge in [0.1, 0.15) is 0 Å². The summed E-state index contributed by atoms with van der Waals surface area (Å²) in [5.74, 6) is -0.139. The number of rotatable bonds is 3. The monoisotopic (exact) mass is 315 g/mol. The highest BCUT2D eigenvalue weighted by Gasteiger charge is 2.43. The number of piperazine rings is 1. The van der Waals surface area contributed by atoms with Crippen molar-refractivity contribution in [2.45, 2.75) is 33.2 Å². The van der Waals surface area contributed by atoms with Gasteiger partial charge < -0.3 is 4.90 Å². The Kier molecular flexibility index (Phi) is 4.50. The van der Waals surface area contributed by atoms with Crippen LogP contribution in [0, 0.1) is 13.8 Å². The Bertz CT molecular complexity index is 621. The number of nitrogens with zero attached hydrogens (tertiary/aromatic N) is 3. The van der Waals surface area contributed by atoms with Crippen molar-refractivity contribution in [2.75, 3.05) is 37.6 Å². The van der Waals surface area contributed by atoms with E-state index in [0.29, 0.717) is 6.42 Å². The highest BCUT2D eigenvalue weighted by atomic mass is 16.2. The number of carbonyl (C=O) groups is 2. The van der Waals surface area contributed by atoms with Crippen molar-refractivity contribution in [1.82, 2.24) is 9.80 Å². The molecule has 5 nitrogen and oxygen atoms in total. The number of carbonyl (C=O) groups excluding carboxylic acids is 2. The van der Waals surface area contributed by atoms with Crippen LogP contribution in [0.1, 0.15) is 24.5 Å². The molecule has 5 heteroatoms. The van der Waals surface area contributed by atoms with Gasteiger partial charge in [0.25, 0.3) is 5.91 Å². The zero-order chi connectivity index (χ0) is 16.6. The number of amides is 2. The second kappa shape index (κ2) is 6.42. The minimum atomic E-state index is -0.290. The molecule has 2 aliphatic heterocycles. The average Bonchev–Trinajstić information content (AvgIpc) is 2.85. The first-order valence-corrected chi connectivity index (χ1v) is 8.42. The Balaban J connectivity index is 1.79. The molecule has 0 N–H and O–H groups in total. The maximum atomic E-state index is 12.9. The molecule has 2 aliphatic rings. The van der Waals surface area contributed by atoms with Crippen LogP contribution in [0.15, 0.2) is 18.2 Å². The van der Waals surface area contributed by atoms with Crippen LogP contribution in [-0.2, 0) is 9.59 Å². The molecule has 0 bridgehead atoms. The number of likely N-dealkylation sites (N-methyl/N-ethyl adjacent to an activating group) is 1. The Morgan fingerprint density at radius 3 is 2.43 bits per heavy atom. The highest BCUT2D eigenvalue weighted by molar-refractivity contribution is 6.22. The topological polar surface area (TPSA) is 43.9 Å². The van der Waals surface area contributed by atoms with Crippen LogP contribution in [0.3, 0.4) is 0 Å². The summed E-state index contributed by atoms with van der Waals surface area (Å²) in [6.07, 6.45) is 0.304. The van der Waals surface area contributed by atoms with E-state index in [4.69, 9.17) is 0 Å². The maximum Gasteiger partial charge on any atom is 0.251 e. The molecule has 0 unspecified atom stereocenters. The van der Waals surface area contributed by atoms with Gasteiger partial charge in [-0.1, -0.05) is 19.1 Å². The summed E-state index contributed by atoms with van der Waals surface area (Å²) in [5.41, 5.74) is 2.85. The largest absolute Gasteiger partial charge is 0.301 e. The Labute approximate surface area is 137 Å². The summed E-state index contributed by atoms with van der Waals surface area (Å²) >= 11 is 0. The van der Waals surface area contributed by atoms with Crippen molar-refractivity contribution in [2.24, 2.45) is 0 Å². The molecule has 0 spiro atoms. The van der Waals surface area contributed by atoms with Gasteiger partial charge in [-0.3, -0.25) is 14.5 Å². The minimum Gasteiger partial charge on any atom is -0.301 e. The lowest BCUT2D eigenvalue weighted by atomic mass is 10.1. The molecule has 2 saturated heterocycles. The summed E-state index contributed by atoms with van der Waals surface area (Å²) < 4.78 is 0. The van der Waals surface area contributed by atoms with Crippen LogP contribution in [0.2, 0.25) is 0 Å². The number of hydrogen-bond donors (Lipinski definition) is 0. The van der Waals surface area contributed by atoms with Crippen molar-refractivity contribution in [3.8, 4) is 0 Å². The Hall–Kier alpha value is -1.72. The molecule has 0 aromatic heterocycles. The molecular weight excluding hydrogens is 290 g/mol. The fourth-order valence-electron chi connectivity index (χ4n) is 3.52. The number of anilines is 1. The second-order valence-electron chi connectivity index (χ2n) is 6.48. The molecule has 1 aromatic carbocycles. The van der Waals surface area contributed by atoms with Crippen LogP contribution < -0.4 is 4.90 Å². The maximum absolute atomic E-state index is 12.9. The fraction of sp³-hybridized carbons (Fsp3) is 0.556. The lowest BCUT2D eigenvalue weighted by Crippen LogP contribution is -2.52. The van der Waals surface area contributed by atoms with Crippen molar-refractivity contribution >= 4 is 17.5 Å². The van der Waals surface area contributed by atoms with Gasteiger partial charge in [0.15, 0.2) is 0 Å². The molecule has 1 aromatic rings. The van der Waals surface area contributed by atoms with Crippen molar-refractivity contribution in [1.29, 1.82) is 0 Å². The summed E-state index contributed by atoms with van der Waals surface area (Å²) in [4.78, 5) is 31.3. The van der Waals surface area contributed by atoms with Gasteiger partial charge in [-0.15, -0.1) is 0 Å². The molecule has 23 heavy (non-hydrogen) atoms. The normalized spacial score (nSPS) is 23.8. The molecule has 0 radical (unpaired) electrons. The fourth-order valence-corrected chi connectivity index (χ4v) is 3.52.